The van der Waals surface area contributed by atoms with Crippen molar-refractivity contribution in [3.8, 4) is 0 Å². The Labute approximate surface area is 107 Å². The highest BCUT2D eigenvalue weighted by atomic mass is 79.9. The van der Waals surface area contributed by atoms with Gasteiger partial charge in [-0.25, -0.2) is 9.78 Å². The van der Waals surface area contributed by atoms with Crippen molar-refractivity contribution < 1.29 is 23.1 Å². The van der Waals surface area contributed by atoms with Crippen molar-refractivity contribution in [1.82, 2.24) is 10.3 Å². The third-order valence-electron chi connectivity index (χ3n) is 1.87. The van der Waals surface area contributed by atoms with Crippen molar-refractivity contribution in [3.05, 3.63) is 15.0 Å². The van der Waals surface area contributed by atoms with Crippen molar-refractivity contribution in [2.75, 3.05) is 13.1 Å². The standard InChI is InChI=1S/C6H7BrN2S.C2HF3O2/c7-5-3-9-6(10-5)4-1-8-2-4;3-2(4,5)1(6)7/h3-4,8H,1-2H2;(H,6,7). The van der Waals surface area contributed by atoms with Crippen molar-refractivity contribution in [2.24, 2.45) is 0 Å². The molecule has 0 saturated carbocycles. The number of aliphatic carboxylic acids is 1. The minimum absolute atomic E-state index is 0.677. The molecule has 1 aromatic rings. The number of hydrogen-bond acceptors (Lipinski definition) is 4. The van der Waals surface area contributed by atoms with Gasteiger partial charge in [0.2, 0.25) is 0 Å². The Morgan fingerprint density at radius 3 is 2.35 bits per heavy atom. The average molecular weight is 333 g/mol. The van der Waals surface area contributed by atoms with Crippen molar-refractivity contribution in [2.45, 2.75) is 12.1 Å². The number of carbonyl (C=O) groups is 1. The van der Waals surface area contributed by atoms with Crippen molar-refractivity contribution in [1.29, 1.82) is 0 Å². The molecule has 0 spiro atoms. The van der Waals surface area contributed by atoms with Gasteiger partial charge in [-0.2, -0.15) is 13.2 Å². The highest BCUT2D eigenvalue weighted by Crippen LogP contribution is 2.27. The molecule has 1 fully saturated rings. The summed E-state index contributed by atoms with van der Waals surface area (Å²) in [6, 6.07) is 0. The summed E-state index contributed by atoms with van der Waals surface area (Å²) in [5, 5.41) is 11.6. The fraction of sp³-hybridized carbons (Fsp3) is 0.500. The number of hydrogen-bond donors (Lipinski definition) is 2. The first-order valence-corrected chi connectivity index (χ1v) is 6.03. The molecule has 0 atom stereocenters. The molecule has 2 rings (SSSR count). The Morgan fingerprint density at radius 1 is 1.59 bits per heavy atom. The molecule has 2 N–H and O–H groups in total. The number of carboxylic acid groups (broad SMARTS) is 1. The smallest absolute Gasteiger partial charge is 0.475 e. The van der Waals surface area contributed by atoms with Crippen LogP contribution in [0.2, 0.25) is 0 Å². The molecule has 0 radical (unpaired) electrons. The summed E-state index contributed by atoms with van der Waals surface area (Å²) in [4.78, 5) is 13.2. The second kappa shape index (κ2) is 5.78. The van der Waals surface area contributed by atoms with Crippen LogP contribution in [0.1, 0.15) is 10.9 Å². The first kappa shape index (κ1) is 14.4. The van der Waals surface area contributed by atoms with Gasteiger partial charge in [0.1, 0.15) is 0 Å². The molecule has 0 bridgehead atoms. The number of halogens is 4. The fourth-order valence-corrected chi connectivity index (χ4v) is 2.26. The van der Waals surface area contributed by atoms with E-state index in [1.54, 1.807) is 11.3 Å². The third-order valence-corrected chi connectivity index (χ3v) is 3.51. The monoisotopic (exact) mass is 332 g/mol. The van der Waals surface area contributed by atoms with Crippen molar-refractivity contribution >= 4 is 33.2 Å². The van der Waals surface area contributed by atoms with Crippen LogP contribution in [0, 0.1) is 0 Å². The van der Waals surface area contributed by atoms with Gasteiger partial charge in [0.15, 0.2) is 0 Å². The zero-order chi connectivity index (χ0) is 13.1. The summed E-state index contributed by atoms with van der Waals surface area (Å²) in [5.74, 6) is -2.08. The van der Waals surface area contributed by atoms with Gasteiger partial charge in [0.05, 0.1) is 15.0 Å². The van der Waals surface area contributed by atoms with E-state index < -0.39 is 12.1 Å². The minimum atomic E-state index is -5.08. The number of rotatable bonds is 1. The second-order valence-corrected chi connectivity index (χ2v) is 5.60. The summed E-state index contributed by atoms with van der Waals surface area (Å²) in [6.45, 7) is 2.19. The van der Waals surface area contributed by atoms with Crippen molar-refractivity contribution in [3.63, 3.8) is 0 Å². The molecule has 1 aromatic heterocycles. The highest BCUT2D eigenvalue weighted by molar-refractivity contribution is 9.11. The van der Waals surface area contributed by atoms with Crippen LogP contribution < -0.4 is 5.32 Å². The lowest BCUT2D eigenvalue weighted by atomic mass is 10.1. The van der Waals surface area contributed by atoms with E-state index in [9.17, 15) is 13.2 Å². The van der Waals surface area contributed by atoms with E-state index in [1.807, 2.05) is 6.20 Å². The normalized spacial score (nSPS) is 15.8. The number of nitrogens with one attached hydrogen (secondary N) is 1. The molecule has 0 aliphatic carbocycles. The second-order valence-electron chi connectivity index (χ2n) is 3.16. The lowest BCUT2D eigenvalue weighted by molar-refractivity contribution is -0.192. The van der Waals surface area contributed by atoms with E-state index in [-0.39, 0.29) is 0 Å². The molecule has 0 unspecified atom stereocenters. The van der Waals surface area contributed by atoms with Crippen LogP contribution in [0.15, 0.2) is 9.98 Å². The average Bonchev–Trinajstić information content (AvgIpc) is 2.48. The predicted molar refractivity (Wildman–Crippen MR) is 59.1 cm³/mol. The third kappa shape index (κ3) is 4.60. The molecule has 0 amide bonds. The zero-order valence-corrected chi connectivity index (χ0v) is 10.7. The summed E-state index contributed by atoms with van der Waals surface area (Å²) in [5.41, 5.74) is 0. The topological polar surface area (TPSA) is 62.2 Å². The van der Waals surface area contributed by atoms with Gasteiger partial charge in [-0.1, -0.05) is 0 Å². The Kier molecular flexibility index (Phi) is 4.90. The molecule has 17 heavy (non-hydrogen) atoms. The molecule has 1 aliphatic rings. The molecule has 2 heterocycles. The van der Waals surface area contributed by atoms with Gasteiger partial charge in [-0.05, 0) is 15.9 Å². The Morgan fingerprint density at radius 2 is 2.12 bits per heavy atom. The Hall–Kier alpha value is -0.670. The molecule has 4 nitrogen and oxygen atoms in total. The largest absolute Gasteiger partial charge is 0.490 e. The fourth-order valence-electron chi connectivity index (χ4n) is 0.919. The maximum atomic E-state index is 10.6. The predicted octanol–water partition coefficient (Wildman–Crippen LogP) is 2.23. The lowest BCUT2D eigenvalue weighted by Crippen LogP contribution is -2.39. The van der Waals surface area contributed by atoms with Gasteiger partial charge >= 0.3 is 12.1 Å². The van der Waals surface area contributed by atoms with Crippen LogP contribution in [0.4, 0.5) is 13.2 Å². The van der Waals surface area contributed by atoms with Crippen LogP contribution in [-0.4, -0.2) is 35.3 Å². The van der Waals surface area contributed by atoms with Gasteiger partial charge in [-0.3, -0.25) is 0 Å². The molecule has 9 heteroatoms. The SMILES string of the molecule is Brc1cnc(C2CNC2)s1.O=C(O)C(F)(F)F. The Balaban J connectivity index is 0.000000185. The Bertz CT molecular complexity index is 392. The van der Waals surface area contributed by atoms with Gasteiger partial charge in [-0.15, -0.1) is 11.3 Å². The van der Waals surface area contributed by atoms with Crippen LogP contribution >= 0.6 is 27.3 Å². The molecule has 1 aliphatic heterocycles. The van der Waals surface area contributed by atoms with Gasteiger partial charge in [0, 0.05) is 19.0 Å². The van der Waals surface area contributed by atoms with E-state index in [4.69, 9.17) is 9.90 Å². The van der Waals surface area contributed by atoms with E-state index in [0.29, 0.717) is 5.92 Å². The first-order valence-electron chi connectivity index (χ1n) is 4.42. The number of nitrogens with zero attached hydrogens (tertiary/aromatic N) is 1. The number of aromatic nitrogens is 1. The lowest BCUT2D eigenvalue weighted by Gasteiger charge is -2.24. The highest BCUT2D eigenvalue weighted by Gasteiger charge is 2.38. The van der Waals surface area contributed by atoms with E-state index in [2.05, 4.69) is 26.2 Å². The molecule has 96 valence electrons. The maximum absolute atomic E-state index is 10.6. The quantitative estimate of drug-likeness (QED) is 0.827. The first-order chi connectivity index (χ1) is 7.80. The van der Waals surface area contributed by atoms with Gasteiger partial charge in [0.25, 0.3) is 0 Å². The minimum Gasteiger partial charge on any atom is -0.475 e. The summed E-state index contributed by atoms with van der Waals surface area (Å²) >= 11 is 5.13. The number of carboxylic acids is 1. The summed E-state index contributed by atoms with van der Waals surface area (Å²) in [7, 11) is 0. The summed E-state index contributed by atoms with van der Waals surface area (Å²) < 4.78 is 32.9. The van der Waals surface area contributed by atoms with Crippen LogP contribution in [0.3, 0.4) is 0 Å². The van der Waals surface area contributed by atoms with Crippen LogP contribution in [0.25, 0.3) is 0 Å². The number of thiazole rings is 1. The number of alkyl halides is 3. The van der Waals surface area contributed by atoms with E-state index >= 15 is 0 Å². The van der Waals surface area contributed by atoms with E-state index in [0.717, 1.165) is 16.9 Å². The molecular formula is C8H8BrF3N2O2S. The molecular weight excluding hydrogens is 325 g/mol. The zero-order valence-electron chi connectivity index (χ0n) is 8.29. The molecule has 0 aromatic carbocycles. The van der Waals surface area contributed by atoms with Crippen LogP contribution in [-0.2, 0) is 4.79 Å². The van der Waals surface area contributed by atoms with E-state index in [1.165, 1.54) is 5.01 Å². The molecule has 1 saturated heterocycles. The van der Waals surface area contributed by atoms with Crippen LogP contribution in [0.5, 0.6) is 0 Å². The summed E-state index contributed by atoms with van der Waals surface area (Å²) in [6.07, 6.45) is -3.21. The maximum Gasteiger partial charge on any atom is 0.490 e. The van der Waals surface area contributed by atoms with Gasteiger partial charge < -0.3 is 10.4 Å².